The Bertz CT molecular complexity index is 548. The van der Waals surface area contributed by atoms with Gasteiger partial charge in [0.15, 0.2) is 0 Å². The summed E-state index contributed by atoms with van der Waals surface area (Å²) in [5.74, 6) is 0. The number of alkyl halides is 1. The number of hydrogen-bond acceptors (Lipinski definition) is 2. The largest absolute Gasteiger partial charge is 0.360 e. The topological polar surface area (TPSA) is 27.1 Å². The van der Waals surface area contributed by atoms with Crippen LogP contribution in [-0.2, 0) is 16.8 Å². The molecule has 104 valence electrons. The second-order valence-electron chi connectivity index (χ2n) is 6.02. The van der Waals surface area contributed by atoms with E-state index in [9.17, 15) is 0 Å². The lowest BCUT2D eigenvalue weighted by Gasteiger charge is -2.15. The molecule has 0 bridgehead atoms. The molecule has 0 aliphatic heterocycles. The fourth-order valence-electron chi connectivity index (χ4n) is 1.85. The average molecular weight is 341 g/mol. The molecular weight excluding hydrogens is 320 g/mol. The van der Waals surface area contributed by atoms with Gasteiger partial charge in [0.1, 0.15) is 6.73 Å². The van der Waals surface area contributed by atoms with E-state index in [4.69, 9.17) is 4.74 Å². The van der Waals surface area contributed by atoms with E-state index < -0.39 is 8.07 Å². The zero-order valence-corrected chi connectivity index (χ0v) is 14.4. The molecule has 19 heavy (non-hydrogen) atoms. The summed E-state index contributed by atoms with van der Waals surface area (Å²) in [4.78, 5) is 0. The maximum atomic E-state index is 5.74. The number of ether oxygens (including phenoxy) is 1. The minimum atomic E-state index is -1.01. The molecule has 0 amide bonds. The Balaban J connectivity index is 1.98. The van der Waals surface area contributed by atoms with E-state index in [1.807, 2.05) is 10.9 Å². The van der Waals surface area contributed by atoms with Crippen molar-refractivity contribution in [3.63, 3.8) is 0 Å². The predicted octanol–water partition coefficient (Wildman–Crippen LogP) is 4.24. The van der Waals surface area contributed by atoms with E-state index in [0.29, 0.717) is 6.73 Å². The number of fused-ring (bicyclic) bond motifs is 1. The van der Waals surface area contributed by atoms with Crippen molar-refractivity contribution in [1.82, 2.24) is 9.78 Å². The van der Waals surface area contributed by atoms with Gasteiger partial charge in [0.2, 0.25) is 0 Å². The molecule has 0 saturated carbocycles. The fourth-order valence-corrected chi connectivity index (χ4v) is 2.96. The van der Waals surface area contributed by atoms with Gasteiger partial charge in [0.25, 0.3) is 0 Å². The molecule has 0 spiro atoms. The van der Waals surface area contributed by atoms with Crippen molar-refractivity contribution in [2.24, 2.45) is 0 Å². The summed E-state index contributed by atoms with van der Waals surface area (Å²) in [7, 11) is -1.01. The number of aromatic nitrogens is 2. The number of hydrogen-bond donors (Lipinski definition) is 0. The highest BCUT2D eigenvalue weighted by Gasteiger charge is 2.12. The molecule has 0 aliphatic rings. The van der Waals surface area contributed by atoms with Crippen molar-refractivity contribution in [2.45, 2.75) is 37.7 Å². The molecule has 0 N–H and O–H groups in total. The van der Waals surface area contributed by atoms with E-state index >= 15 is 0 Å². The van der Waals surface area contributed by atoms with Crippen molar-refractivity contribution < 1.29 is 4.74 Å². The molecule has 1 aromatic heterocycles. The summed E-state index contributed by atoms with van der Waals surface area (Å²) < 4.78 is 7.67. The van der Waals surface area contributed by atoms with Crippen molar-refractivity contribution >= 4 is 34.9 Å². The molecule has 0 radical (unpaired) electrons. The highest BCUT2D eigenvalue weighted by Crippen LogP contribution is 2.17. The fraction of sp³-hybridized carbons (Fsp3) is 0.500. The summed E-state index contributed by atoms with van der Waals surface area (Å²) in [6.07, 6.45) is 1.91. The minimum Gasteiger partial charge on any atom is -0.360 e. The van der Waals surface area contributed by atoms with Crippen LogP contribution in [0.2, 0.25) is 25.7 Å². The average Bonchev–Trinajstić information content (AvgIpc) is 2.75. The lowest BCUT2D eigenvalue weighted by atomic mass is 10.2. The molecule has 0 aliphatic carbocycles. The molecule has 0 fully saturated rings. The first-order valence-electron chi connectivity index (χ1n) is 6.58. The highest BCUT2D eigenvalue weighted by atomic mass is 79.9. The SMILES string of the molecule is C[Si](C)(C)CCOCn1ncc2cc(CBr)ccc21. The molecule has 0 unspecified atom stereocenters. The van der Waals surface area contributed by atoms with Crippen LogP contribution in [0.3, 0.4) is 0 Å². The van der Waals surface area contributed by atoms with Crippen molar-refractivity contribution in [1.29, 1.82) is 0 Å². The summed E-state index contributed by atoms with van der Waals surface area (Å²) in [6, 6.07) is 7.59. The minimum absolute atomic E-state index is 0.543. The Labute approximate surface area is 124 Å². The van der Waals surface area contributed by atoms with E-state index in [-0.39, 0.29) is 0 Å². The van der Waals surface area contributed by atoms with Gasteiger partial charge in [-0.1, -0.05) is 41.6 Å². The maximum Gasteiger partial charge on any atom is 0.139 e. The summed E-state index contributed by atoms with van der Waals surface area (Å²) in [6.45, 7) is 8.46. The van der Waals surface area contributed by atoms with Gasteiger partial charge in [-0.2, -0.15) is 5.10 Å². The van der Waals surface area contributed by atoms with Gasteiger partial charge in [-0.05, 0) is 23.7 Å². The van der Waals surface area contributed by atoms with E-state index in [0.717, 1.165) is 17.5 Å². The van der Waals surface area contributed by atoms with Crippen LogP contribution in [0.4, 0.5) is 0 Å². The highest BCUT2D eigenvalue weighted by molar-refractivity contribution is 9.08. The number of nitrogens with zero attached hydrogens (tertiary/aromatic N) is 2. The molecule has 0 saturated heterocycles. The third-order valence-electron chi connectivity index (χ3n) is 3.07. The Morgan fingerprint density at radius 2 is 2.11 bits per heavy atom. The number of benzene rings is 1. The van der Waals surface area contributed by atoms with Crippen LogP contribution in [0.1, 0.15) is 5.56 Å². The van der Waals surface area contributed by atoms with Gasteiger partial charge >= 0.3 is 0 Å². The zero-order chi connectivity index (χ0) is 13.9. The first-order chi connectivity index (χ1) is 8.99. The van der Waals surface area contributed by atoms with Gasteiger partial charge in [-0.15, -0.1) is 0 Å². The van der Waals surface area contributed by atoms with Crippen LogP contribution in [0.5, 0.6) is 0 Å². The van der Waals surface area contributed by atoms with Gasteiger partial charge in [-0.25, -0.2) is 4.68 Å². The predicted molar refractivity (Wildman–Crippen MR) is 86.5 cm³/mol. The second-order valence-corrected chi connectivity index (χ2v) is 12.2. The van der Waals surface area contributed by atoms with Gasteiger partial charge < -0.3 is 4.74 Å². The lowest BCUT2D eigenvalue weighted by Crippen LogP contribution is -2.22. The van der Waals surface area contributed by atoms with Crippen molar-refractivity contribution in [3.8, 4) is 0 Å². The van der Waals surface area contributed by atoms with Crippen LogP contribution in [0, 0.1) is 0 Å². The van der Waals surface area contributed by atoms with Crippen LogP contribution >= 0.6 is 15.9 Å². The van der Waals surface area contributed by atoms with Crippen molar-refractivity contribution in [3.05, 3.63) is 30.0 Å². The Morgan fingerprint density at radius 1 is 1.32 bits per heavy atom. The molecule has 3 nitrogen and oxygen atoms in total. The summed E-state index contributed by atoms with van der Waals surface area (Å²) in [5.41, 5.74) is 2.41. The third-order valence-corrected chi connectivity index (χ3v) is 5.42. The lowest BCUT2D eigenvalue weighted by molar-refractivity contribution is 0.0817. The van der Waals surface area contributed by atoms with Gasteiger partial charge in [-0.3, -0.25) is 0 Å². The first-order valence-corrected chi connectivity index (χ1v) is 11.4. The molecule has 2 aromatic rings. The molecule has 0 atom stereocenters. The van der Waals surface area contributed by atoms with Crippen LogP contribution in [0.15, 0.2) is 24.4 Å². The molecule has 1 heterocycles. The molecular formula is C14H21BrN2OSi. The summed E-state index contributed by atoms with van der Waals surface area (Å²) >= 11 is 3.47. The van der Waals surface area contributed by atoms with E-state index in [1.165, 1.54) is 17.0 Å². The quantitative estimate of drug-likeness (QED) is 0.446. The number of rotatable bonds is 6. The maximum absolute atomic E-state index is 5.74. The summed E-state index contributed by atoms with van der Waals surface area (Å²) in [5, 5.41) is 6.44. The second kappa shape index (κ2) is 6.20. The van der Waals surface area contributed by atoms with Crippen LogP contribution in [-0.4, -0.2) is 24.5 Å². The zero-order valence-electron chi connectivity index (χ0n) is 11.8. The third kappa shape index (κ3) is 4.16. The van der Waals surface area contributed by atoms with Crippen LogP contribution in [0.25, 0.3) is 10.9 Å². The smallest absolute Gasteiger partial charge is 0.139 e. The molecule has 2 rings (SSSR count). The molecule has 1 aromatic carbocycles. The Morgan fingerprint density at radius 3 is 2.79 bits per heavy atom. The van der Waals surface area contributed by atoms with Gasteiger partial charge in [0, 0.05) is 25.4 Å². The van der Waals surface area contributed by atoms with E-state index in [1.54, 1.807) is 0 Å². The van der Waals surface area contributed by atoms with Crippen molar-refractivity contribution in [2.75, 3.05) is 6.61 Å². The van der Waals surface area contributed by atoms with Gasteiger partial charge in [0.05, 0.1) is 11.7 Å². The normalized spacial score (nSPS) is 12.2. The number of halogens is 1. The standard InChI is InChI=1S/C14H21BrN2OSi/c1-19(2,3)7-6-18-11-17-14-5-4-12(9-15)8-13(14)10-16-17/h4-5,8,10H,6-7,9,11H2,1-3H3. The van der Waals surface area contributed by atoms with E-state index in [2.05, 4.69) is 58.9 Å². The van der Waals surface area contributed by atoms with Crippen LogP contribution < -0.4 is 0 Å². The Kier molecular flexibility index (Phi) is 4.81. The Hall–Kier alpha value is -0.653. The first kappa shape index (κ1) is 14.7. The molecule has 5 heteroatoms. The monoisotopic (exact) mass is 340 g/mol.